The molecule has 6 nitrogen and oxygen atoms in total. The molecule has 0 saturated carbocycles. The van der Waals surface area contributed by atoms with Crippen LogP contribution in [0.2, 0.25) is 0 Å². The first kappa shape index (κ1) is 10.8. The van der Waals surface area contributed by atoms with Crippen molar-refractivity contribution < 1.29 is 14.6 Å². The zero-order valence-electron chi connectivity index (χ0n) is 8.96. The Morgan fingerprint density at radius 2 is 2.25 bits per heavy atom. The molecule has 1 atom stereocenters. The second kappa shape index (κ2) is 4.44. The summed E-state index contributed by atoms with van der Waals surface area (Å²) in [5, 5.41) is 9.05. The second-order valence-electron chi connectivity index (χ2n) is 3.68. The Hall–Kier alpha value is -1.69. The van der Waals surface area contributed by atoms with Gasteiger partial charge in [-0.05, 0) is 12.5 Å². The quantitative estimate of drug-likeness (QED) is 0.765. The predicted molar refractivity (Wildman–Crippen MR) is 56.4 cm³/mol. The van der Waals surface area contributed by atoms with Gasteiger partial charge in [0.1, 0.15) is 0 Å². The number of ether oxygens (including phenoxy) is 1. The second-order valence-corrected chi connectivity index (χ2v) is 3.68. The first-order valence-electron chi connectivity index (χ1n) is 5.04. The Morgan fingerprint density at radius 3 is 2.88 bits per heavy atom. The maximum atomic E-state index is 11.0. The molecule has 2 heterocycles. The van der Waals surface area contributed by atoms with Crippen molar-refractivity contribution in [1.29, 1.82) is 0 Å². The minimum absolute atomic E-state index is 0.173. The van der Waals surface area contributed by atoms with E-state index < -0.39 is 12.0 Å². The molecule has 1 aliphatic rings. The maximum absolute atomic E-state index is 11.0. The van der Waals surface area contributed by atoms with Gasteiger partial charge in [0.2, 0.25) is 5.95 Å². The van der Waals surface area contributed by atoms with E-state index in [0.29, 0.717) is 19.1 Å². The Labute approximate surface area is 92.9 Å². The largest absolute Gasteiger partial charge is 0.480 e. The number of morpholine rings is 1. The number of aromatic nitrogens is 2. The molecule has 0 aromatic carbocycles. The van der Waals surface area contributed by atoms with Gasteiger partial charge in [-0.2, -0.15) is 0 Å². The third kappa shape index (κ3) is 2.11. The van der Waals surface area contributed by atoms with E-state index in [0.717, 1.165) is 5.56 Å². The standard InChI is InChI=1S/C10H13N3O3/c1-7-4-11-10(12-5-7)13-2-3-16-6-8(13)9(14)15/h4-5,8H,2-3,6H2,1H3,(H,14,15). The Morgan fingerprint density at radius 1 is 1.56 bits per heavy atom. The van der Waals surface area contributed by atoms with Crippen molar-refractivity contribution in [3.8, 4) is 0 Å². The van der Waals surface area contributed by atoms with Crippen LogP contribution in [0.3, 0.4) is 0 Å². The van der Waals surface area contributed by atoms with Crippen molar-refractivity contribution >= 4 is 11.9 Å². The lowest BCUT2D eigenvalue weighted by Crippen LogP contribution is -2.50. The first-order valence-corrected chi connectivity index (χ1v) is 5.04. The van der Waals surface area contributed by atoms with Gasteiger partial charge < -0.3 is 14.7 Å². The van der Waals surface area contributed by atoms with Gasteiger partial charge >= 0.3 is 5.97 Å². The Kier molecular flexibility index (Phi) is 3.00. The van der Waals surface area contributed by atoms with E-state index in [2.05, 4.69) is 9.97 Å². The van der Waals surface area contributed by atoms with Crippen LogP contribution >= 0.6 is 0 Å². The molecule has 0 amide bonds. The van der Waals surface area contributed by atoms with Crippen molar-refractivity contribution in [3.05, 3.63) is 18.0 Å². The minimum atomic E-state index is -0.913. The molecule has 1 fully saturated rings. The van der Waals surface area contributed by atoms with E-state index in [-0.39, 0.29) is 6.61 Å². The van der Waals surface area contributed by atoms with E-state index >= 15 is 0 Å². The molecule has 1 N–H and O–H groups in total. The number of aryl methyl sites for hydroxylation is 1. The fraction of sp³-hybridized carbons (Fsp3) is 0.500. The predicted octanol–water partition coefficient (Wildman–Crippen LogP) is 0.0748. The summed E-state index contributed by atoms with van der Waals surface area (Å²) in [4.78, 5) is 20.9. The summed E-state index contributed by atoms with van der Waals surface area (Å²) in [6.07, 6.45) is 3.35. The van der Waals surface area contributed by atoms with Crippen LogP contribution in [-0.4, -0.2) is 46.8 Å². The van der Waals surface area contributed by atoms with Crippen LogP contribution in [-0.2, 0) is 9.53 Å². The van der Waals surface area contributed by atoms with Gasteiger partial charge in [0.15, 0.2) is 6.04 Å². The molecule has 6 heteroatoms. The fourth-order valence-corrected chi connectivity index (χ4v) is 1.58. The van der Waals surface area contributed by atoms with Crippen molar-refractivity contribution in [2.75, 3.05) is 24.7 Å². The lowest BCUT2D eigenvalue weighted by Gasteiger charge is -2.32. The molecule has 86 valence electrons. The molecular formula is C10H13N3O3. The number of carboxylic acids is 1. The van der Waals surface area contributed by atoms with Crippen LogP contribution in [0.15, 0.2) is 12.4 Å². The lowest BCUT2D eigenvalue weighted by molar-refractivity contribution is -0.141. The minimum Gasteiger partial charge on any atom is -0.480 e. The molecule has 0 aliphatic carbocycles. The number of nitrogens with zero attached hydrogens (tertiary/aromatic N) is 3. The smallest absolute Gasteiger partial charge is 0.328 e. The van der Waals surface area contributed by atoms with E-state index in [1.54, 1.807) is 17.3 Å². The molecule has 1 aromatic rings. The first-order chi connectivity index (χ1) is 7.68. The van der Waals surface area contributed by atoms with Crippen LogP contribution in [0, 0.1) is 6.92 Å². The van der Waals surface area contributed by atoms with Crippen molar-refractivity contribution in [1.82, 2.24) is 9.97 Å². The van der Waals surface area contributed by atoms with Gasteiger partial charge in [0.05, 0.1) is 13.2 Å². The average Bonchev–Trinajstić information content (AvgIpc) is 2.30. The van der Waals surface area contributed by atoms with Crippen LogP contribution in [0.25, 0.3) is 0 Å². The number of carboxylic acid groups (broad SMARTS) is 1. The molecule has 1 aromatic heterocycles. The topological polar surface area (TPSA) is 75.6 Å². The number of hydrogen-bond donors (Lipinski definition) is 1. The summed E-state index contributed by atoms with van der Waals surface area (Å²) in [5.41, 5.74) is 0.948. The SMILES string of the molecule is Cc1cnc(N2CCOCC2C(=O)O)nc1. The highest BCUT2D eigenvalue weighted by Crippen LogP contribution is 2.14. The number of aliphatic carboxylic acids is 1. The van der Waals surface area contributed by atoms with E-state index in [4.69, 9.17) is 9.84 Å². The summed E-state index contributed by atoms with van der Waals surface area (Å²) in [6, 6.07) is -0.698. The number of hydrogen-bond acceptors (Lipinski definition) is 5. The van der Waals surface area contributed by atoms with Gasteiger partial charge in [-0.15, -0.1) is 0 Å². The fourth-order valence-electron chi connectivity index (χ4n) is 1.58. The molecule has 0 radical (unpaired) electrons. The van der Waals surface area contributed by atoms with Crippen LogP contribution in [0.1, 0.15) is 5.56 Å². The molecule has 16 heavy (non-hydrogen) atoms. The molecule has 0 spiro atoms. The van der Waals surface area contributed by atoms with Gasteiger partial charge in [-0.25, -0.2) is 14.8 Å². The van der Waals surface area contributed by atoms with Crippen molar-refractivity contribution in [2.24, 2.45) is 0 Å². The van der Waals surface area contributed by atoms with E-state index in [9.17, 15) is 4.79 Å². The van der Waals surface area contributed by atoms with Gasteiger partial charge in [0, 0.05) is 18.9 Å². The summed E-state index contributed by atoms with van der Waals surface area (Å²) in [6.45, 7) is 3.06. The van der Waals surface area contributed by atoms with E-state index in [1.165, 1.54) is 0 Å². The van der Waals surface area contributed by atoms with Gasteiger partial charge in [-0.3, -0.25) is 0 Å². The molecule has 1 aliphatic heterocycles. The van der Waals surface area contributed by atoms with Crippen LogP contribution in [0.4, 0.5) is 5.95 Å². The summed E-state index contributed by atoms with van der Waals surface area (Å²) in [7, 11) is 0. The molecule has 1 unspecified atom stereocenters. The zero-order valence-corrected chi connectivity index (χ0v) is 8.96. The number of carbonyl (C=O) groups is 1. The Balaban J connectivity index is 2.23. The monoisotopic (exact) mass is 223 g/mol. The molecule has 1 saturated heterocycles. The zero-order chi connectivity index (χ0) is 11.5. The molecule has 0 bridgehead atoms. The van der Waals surface area contributed by atoms with Crippen LogP contribution < -0.4 is 4.90 Å². The average molecular weight is 223 g/mol. The molecule has 2 rings (SSSR count). The summed E-state index contributed by atoms with van der Waals surface area (Å²) < 4.78 is 5.14. The van der Waals surface area contributed by atoms with E-state index in [1.807, 2.05) is 6.92 Å². The number of rotatable bonds is 2. The normalized spacial score (nSPS) is 20.8. The third-order valence-electron chi connectivity index (χ3n) is 2.44. The van der Waals surface area contributed by atoms with Gasteiger partial charge in [0.25, 0.3) is 0 Å². The summed E-state index contributed by atoms with van der Waals surface area (Å²) in [5.74, 6) is -0.467. The lowest BCUT2D eigenvalue weighted by atomic mass is 10.2. The highest BCUT2D eigenvalue weighted by Gasteiger charge is 2.30. The molecular weight excluding hydrogens is 210 g/mol. The Bertz CT molecular complexity index is 379. The number of anilines is 1. The van der Waals surface area contributed by atoms with Gasteiger partial charge in [-0.1, -0.05) is 0 Å². The van der Waals surface area contributed by atoms with Crippen molar-refractivity contribution in [2.45, 2.75) is 13.0 Å². The van der Waals surface area contributed by atoms with Crippen molar-refractivity contribution in [3.63, 3.8) is 0 Å². The highest BCUT2D eigenvalue weighted by molar-refractivity contribution is 5.77. The van der Waals surface area contributed by atoms with Crippen LogP contribution in [0.5, 0.6) is 0 Å². The maximum Gasteiger partial charge on any atom is 0.328 e. The summed E-state index contributed by atoms with van der Waals surface area (Å²) >= 11 is 0. The highest BCUT2D eigenvalue weighted by atomic mass is 16.5. The third-order valence-corrected chi connectivity index (χ3v) is 2.44.